The molecule has 0 bridgehead atoms. The zero-order valence-corrected chi connectivity index (χ0v) is 7.74. The lowest BCUT2D eigenvalue weighted by Crippen LogP contribution is -1.77. The van der Waals surface area contributed by atoms with Crippen molar-refractivity contribution in [3.8, 4) is 0 Å². The molecule has 1 aromatic carbocycles. The lowest BCUT2D eigenvalue weighted by atomic mass is 10.1. The first-order chi connectivity index (χ1) is 5.93. The molecule has 13 heavy (non-hydrogen) atoms. The van der Waals surface area contributed by atoms with Crippen LogP contribution in [0, 0.1) is 0 Å². The van der Waals surface area contributed by atoms with E-state index in [9.17, 15) is 0 Å². The number of allylic oxidation sites excluding steroid dienone is 3. The molecular weight excluding hydrogens is 160 g/mol. The zero-order valence-electron chi connectivity index (χ0n) is 7.74. The predicted molar refractivity (Wildman–Crippen MR) is 57.7 cm³/mol. The van der Waals surface area contributed by atoms with Gasteiger partial charge in [-0.05, 0) is 18.4 Å². The summed E-state index contributed by atoms with van der Waals surface area (Å²) in [5.74, 6) is 0. The molecule has 0 aliphatic carbocycles. The molecule has 0 spiro atoms. The molecule has 0 unspecified atom stereocenters. The molecule has 1 aromatic rings. The van der Waals surface area contributed by atoms with E-state index in [2.05, 4.69) is 43.0 Å². The van der Waals surface area contributed by atoms with Gasteiger partial charge in [0.1, 0.15) is 0 Å². The van der Waals surface area contributed by atoms with Crippen LogP contribution in [0.1, 0.15) is 12.0 Å². The smallest absolute Gasteiger partial charge is 0.00973 e. The molecule has 1 rings (SSSR count). The maximum absolute atomic E-state index is 3.65. The second-order valence-electron chi connectivity index (χ2n) is 2.69. The Labute approximate surface area is 79.7 Å². The van der Waals surface area contributed by atoms with Gasteiger partial charge in [-0.15, -0.1) is 6.58 Å². The Morgan fingerprint density at radius 3 is 2.38 bits per heavy atom. The van der Waals surface area contributed by atoms with Gasteiger partial charge in [-0.1, -0.05) is 48.6 Å². The van der Waals surface area contributed by atoms with E-state index in [1.54, 1.807) is 0 Å². The second-order valence-corrected chi connectivity index (χ2v) is 2.69. The molecule has 0 saturated heterocycles. The largest absolute Gasteiger partial charge is 0.412 e. The number of hydrogen-bond donors (Lipinski definition) is 0. The van der Waals surface area contributed by atoms with Gasteiger partial charge in [0, 0.05) is 0 Å². The quantitative estimate of drug-likeness (QED) is 0.631. The summed E-state index contributed by atoms with van der Waals surface area (Å²) < 4.78 is 0. The van der Waals surface area contributed by atoms with E-state index < -0.39 is 0 Å². The Kier molecular flexibility index (Phi) is 6.56. The fourth-order valence-corrected chi connectivity index (χ4v) is 1.03. The first-order valence-corrected chi connectivity index (χ1v) is 4.23. The molecule has 0 atom stereocenters. The van der Waals surface area contributed by atoms with E-state index in [-0.39, 0.29) is 5.48 Å². The van der Waals surface area contributed by atoms with Gasteiger partial charge >= 0.3 is 0 Å². The summed E-state index contributed by atoms with van der Waals surface area (Å²) in [4.78, 5) is 0. The SMILES string of the molecule is C=CCC=CCc1ccccc1.O. The fraction of sp³-hybridized carbons (Fsp3) is 0.167. The van der Waals surface area contributed by atoms with Crippen LogP contribution in [0.2, 0.25) is 0 Å². The van der Waals surface area contributed by atoms with Crippen LogP contribution in [-0.2, 0) is 6.42 Å². The van der Waals surface area contributed by atoms with Crippen LogP contribution < -0.4 is 0 Å². The van der Waals surface area contributed by atoms with Gasteiger partial charge in [-0.2, -0.15) is 0 Å². The van der Waals surface area contributed by atoms with E-state index >= 15 is 0 Å². The molecular formula is C12H16O. The zero-order chi connectivity index (χ0) is 8.65. The molecule has 0 amide bonds. The van der Waals surface area contributed by atoms with Crippen molar-refractivity contribution in [2.24, 2.45) is 0 Å². The van der Waals surface area contributed by atoms with Crippen LogP contribution in [0.25, 0.3) is 0 Å². The van der Waals surface area contributed by atoms with Crippen molar-refractivity contribution in [1.29, 1.82) is 0 Å². The molecule has 1 heteroatoms. The molecule has 0 aliphatic rings. The summed E-state index contributed by atoms with van der Waals surface area (Å²) in [6.45, 7) is 3.65. The Morgan fingerprint density at radius 1 is 1.08 bits per heavy atom. The van der Waals surface area contributed by atoms with Gasteiger partial charge in [0.15, 0.2) is 0 Å². The van der Waals surface area contributed by atoms with Crippen LogP contribution in [0.3, 0.4) is 0 Å². The van der Waals surface area contributed by atoms with Crippen molar-refractivity contribution in [2.45, 2.75) is 12.8 Å². The summed E-state index contributed by atoms with van der Waals surface area (Å²) in [7, 11) is 0. The Hall–Kier alpha value is -1.34. The molecule has 1 nitrogen and oxygen atoms in total. The van der Waals surface area contributed by atoms with Crippen molar-refractivity contribution in [3.05, 3.63) is 60.7 Å². The third kappa shape index (κ3) is 4.99. The first kappa shape index (κ1) is 11.7. The van der Waals surface area contributed by atoms with Crippen molar-refractivity contribution < 1.29 is 5.48 Å². The maximum Gasteiger partial charge on any atom is -0.00973 e. The van der Waals surface area contributed by atoms with Crippen molar-refractivity contribution in [3.63, 3.8) is 0 Å². The summed E-state index contributed by atoms with van der Waals surface area (Å²) >= 11 is 0. The van der Waals surface area contributed by atoms with Crippen molar-refractivity contribution in [1.82, 2.24) is 0 Å². The van der Waals surface area contributed by atoms with Gasteiger partial charge < -0.3 is 5.48 Å². The van der Waals surface area contributed by atoms with Gasteiger partial charge in [-0.25, -0.2) is 0 Å². The van der Waals surface area contributed by atoms with Gasteiger partial charge in [-0.3, -0.25) is 0 Å². The Balaban J connectivity index is 0.00000144. The first-order valence-electron chi connectivity index (χ1n) is 4.23. The average molecular weight is 176 g/mol. The minimum absolute atomic E-state index is 0. The highest BCUT2D eigenvalue weighted by atomic mass is 16.0. The average Bonchev–Trinajstić information content (AvgIpc) is 2.14. The predicted octanol–water partition coefficient (Wildman–Crippen LogP) is 2.54. The standard InChI is InChI=1S/C12H14.H2O/c1-2-3-4-6-9-12-10-7-5-8-11-12;/h2,4-8,10-11H,1,3,9H2;1H2. The summed E-state index contributed by atoms with van der Waals surface area (Å²) in [5.41, 5.74) is 1.36. The van der Waals surface area contributed by atoms with E-state index in [1.807, 2.05) is 12.1 Å². The summed E-state index contributed by atoms with van der Waals surface area (Å²) in [6.07, 6.45) is 8.21. The van der Waals surface area contributed by atoms with Gasteiger partial charge in [0.25, 0.3) is 0 Å². The number of benzene rings is 1. The minimum atomic E-state index is 0. The summed E-state index contributed by atoms with van der Waals surface area (Å²) in [5, 5.41) is 0. The highest BCUT2D eigenvalue weighted by Gasteiger charge is 1.83. The van der Waals surface area contributed by atoms with Crippen LogP contribution in [0.5, 0.6) is 0 Å². The third-order valence-electron chi connectivity index (χ3n) is 1.67. The van der Waals surface area contributed by atoms with Crippen LogP contribution in [-0.4, -0.2) is 5.48 Å². The second kappa shape index (κ2) is 7.32. The van der Waals surface area contributed by atoms with E-state index in [4.69, 9.17) is 0 Å². The Morgan fingerprint density at radius 2 is 1.77 bits per heavy atom. The van der Waals surface area contributed by atoms with Gasteiger partial charge in [0.2, 0.25) is 0 Å². The number of hydrogen-bond acceptors (Lipinski definition) is 0. The molecule has 70 valence electrons. The lowest BCUT2D eigenvalue weighted by molar-refractivity contribution is 0.824. The topological polar surface area (TPSA) is 31.5 Å². The summed E-state index contributed by atoms with van der Waals surface area (Å²) in [6, 6.07) is 10.4. The van der Waals surface area contributed by atoms with Crippen LogP contribution in [0.4, 0.5) is 0 Å². The van der Waals surface area contributed by atoms with E-state index in [0.717, 1.165) is 12.8 Å². The highest BCUT2D eigenvalue weighted by Crippen LogP contribution is 2.00. The van der Waals surface area contributed by atoms with Crippen LogP contribution in [0.15, 0.2) is 55.1 Å². The highest BCUT2D eigenvalue weighted by molar-refractivity contribution is 5.17. The van der Waals surface area contributed by atoms with Crippen molar-refractivity contribution >= 4 is 0 Å². The fourth-order valence-electron chi connectivity index (χ4n) is 1.03. The monoisotopic (exact) mass is 176 g/mol. The molecule has 2 N–H and O–H groups in total. The molecule has 0 radical (unpaired) electrons. The Bertz CT molecular complexity index is 249. The molecule has 0 aliphatic heterocycles. The lowest BCUT2D eigenvalue weighted by Gasteiger charge is -1.92. The molecule has 0 saturated carbocycles. The van der Waals surface area contributed by atoms with Gasteiger partial charge in [0.05, 0.1) is 0 Å². The third-order valence-corrected chi connectivity index (χ3v) is 1.67. The molecule has 0 aromatic heterocycles. The van der Waals surface area contributed by atoms with Crippen molar-refractivity contribution in [2.75, 3.05) is 0 Å². The molecule has 0 fully saturated rings. The maximum atomic E-state index is 3.65. The number of rotatable bonds is 4. The molecule has 0 heterocycles. The minimum Gasteiger partial charge on any atom is -0.412 e. The van der Waals surface area contributed by atoms with E-state index in [0.29, 0.717) is 0 Å². The van der Waals surface area contributed by atoms with E-state index in [1.165, 1.54) is 5.56 Å². The normalized spacial score (nSPS) is 9.54. The van der Waals surface area contributed by atoms with Crippen LogP contribution >= 0.6 is 0 Å².